The molecule has 1 heterocycles. The van der Waals surface area contributed by atoms with Crippen LogP contribution >= 0.6 is 11.3 Å². The van der Waals surface area contributed by atoms with Crippen molar-refractivity contribution in [2.75, 3.05) is 5.32 Å². The Kier molecular flexibility index (Phi) is 4.84. The van der Waals surface area contributed by atoms with Crippen LogP contribution in [0.25, 0.3) is 6.08 Å². The number of thiazole rings is 1. The van der Waals surface area contributed by atoms with Crippen LogP contribution in [0.1, 0.15) is 16.1 Å². The van der Waals surface area contributed by atoms with E-state index in [-0.39, 0.29) is 12.3 Å². The Balaban J connectivity index is 2.00. The second-order valence-electron chi connectivity index (χ2n) is 4.33. The van der Waals surface area contributed by atoms with Gasteiger partial charge in [-0.3, -0.25) is 14.9 Å². The standard InChI is InChI=1S/C15H14N2O3S/c1-10-12(9-14(19)20)21-15(16-10)17-13(18)8-7-11-5-3-2-4-6-11/h2-8H,9H2,1H3,(H,19,20)(H,16,17,18)/b8-7+. The summed E-state index contributed by atoms with van der Waals surface area (Å²) in [7, 11) is 0. The first kappa shape index (κ1) is 14.9. The first-order chi connectivity index (χ1) is 10.0. The molecule has 0 aliphatic carbocycles. The molecule has 0 saturated carbocycles. The van der Waals surface area contributed by atoms with Crippen molar-refractivity contribution < 1.29 is 14.7 Å². The number of amides is 1. The van der Waals surface area contributed by atoms with E-state index in [4.69, 9.17) is 5.11 Å². The van der Waals surface area contributed by atoms with E-state index in [1.807, 2.05) is 30.3 Å². The van der Waals surface area contributed by atoms with Gasteiger partial charge in [-0.15, -0.1) is 11.3 Å². The highest BCUT2D eigenvalue weighted by molar-refractivity contribution is 7.16. The van der Waals surface area contributed by atoms with E-state index in [1.54, 1.807) is 13.0 Å². The van der Waals surface area contributed by atoms with Crippen LogP contribution in [-0.2, 0) is 16.0 Å². The van der Waals surface area contributed by atoms with E-state index in [0.29, 0.717) is 15.7 Å². The van der Waals surface area contributed by atoms with Crippen molar-refractivity contribution >= 4 is 34.4 Å². The maximum absolute atomic E-state index is 11.8. The van der Waals surface area contributed by atoms with Crippen molar-refractivity contribution in [1.29, 1.82) is 0 Å². The third-order valence-corrected chi connectivity index (χ3v) is 3.73. The lowest BCUT2D eigenvalue weighted by molar-refractivity contribution is -0.136. The van der Waals surface area contributed by atoms with E-state index in [1.165, 1.54) is 17.4 Å². The molecular weight excluding hydrogens is 288 g/mol. The van der Waals surface area contributed by atoms with Crippen LogP contribution in [0.5, 0.6) is 0 Å². The molecule has 0 aliphatic rings. The van der Waals surface area contributed by atoms with Crippen LogP contribution in [0.4, 0.5) is 5.13 Å². The average molecular weight is 302 g/mol. The fourth-order valence-electron chi connectivity index (χ4n) is 1.67. The van der Waals surface area contributed by atoms with Gasteiger partial charge in [-0.1, -0.05) is 30.3 Å². The lowest BCUT2D eigenvalue weighted by Gasteiger charge is -1.95. The van der Waals surface area contributed by atoms with Gasteiger partial charge in [0, 0.05) is 11.0 Å². The molecule has 6 heteroatoms. The monoisotopic (exact) mass is 302 g/mol. The predicted octanol–water partition coefficient (Wildman–Crippen LogP) is 2.73. The number of aromatic nitrogens is 1. The van der Waals surface area contributed by atoms with Crippen LogP contribution in [0.2, 0.25) is 0 Å². The molecule has 0 spiro atoms. The van der Waals surface area contributed by atoms with Crippen molar-refractivity contribution in [2.45, 2.75) is 13.3 Å². The molecule has 0 radical (unpaired) electrons. The molecular formula is C15H14N2O3S. The first-order valence-corrected chi connectivity index (χ1v) is 7.08. The van der Waals surface area contributed by atoms with Gasteiger partial charge in [-0.05, 0) is 18.6 Å². The number of carbonyl (C=O) groups excluding carboxylic acids is 1. The molecule has 2 rings (SSSR count). The molecule has 0 unspecified atom stereocenters. The zero-order valence-corrected chi connectivity index (χ0v) is 12.2. The highest BCUT2D eigenvalue weighted by atomic mass is 32.1. The van der Waals surface area contributed by atoms with Crippen LogP contribution < -0.4 is 5.32 Å². The summed E-state index contributed by atoms with van der Waals surface area (Å²) in [5.74, 6) is -1.21. The Morgan fingerprint density at radius 2 is 2.05 bits per heavy atom. The Labute approximate surface area is 126 Å². The summed E-state index contributed by atoms with van der Waals surface area (Å²) in [6.07, 6.45) is 3.04. The van der Waals surface area contributed by atoms with E-state index >= 15 is 0 Å². The molecule has 108 valence electrons. The van der Waals surface area contributed by atoms with Gasteiger partial charge in [0.05, 0.1) is 12.1 Å². The molecule has 0 saturated heterocycles. The highest BCUT2D eigenvalue weighted by Crippen LogP contribution is 2.23. The van der Waals surface area contributed by atoms with Crippen molar-refractivity contribution in [3.63, 3.8) is 0 Å². The van der Waals surface area contributed by atoms with Gasteiger partial charge < -0.3 is 5.11 Å². The number of rotatable bonds is 5. The van der Waals surface area contributed by atoms with Gasteiger partial charge in [0.25, 0.3) is 0 Å². The minimum absolute atomic E-state index is 0.0841. The maximum atomic E-state index is 11.8. The van der Waals surface area contributed by atoms with Crippen molar-refractivity contribution in [3.8, 4) is 0 Å². The fraction of sp³-hybridized carbons (Fsp3) is 0.133. The molecule has 0 atom stereocenters. The summed E-state index contributed by atoms with van der Waals surface area (Å²) in [6, 6.07) is 9.46. The molecule has 0 bridgehead atoms. The SMILES string of the molecule is Cc1nc(NC(=O)/C=C/c2ccccc2)sc1CC(=O)O. The third kappa shape index (κ3) is 4.54. The minimum Gasteiger partial charge on any atom is -0.481 e. The van der Waals surface area contributed by atoms with Gasteiger partial charge in [0.15, 0.2) is 5.13 Å². The number of hydrogen-bond acceptors (Lipinski definition) is 4. The number of benzene rings is 1. The molecule has 1 aromatic heterocycles. The number of nitrogens with zero attached hydrogens (tertiary/aromatic N) is 1. The summed E-state index contributed by atoms with van der Waals surface area (Å²) in [5.41, 5.74) is 1.55. The maximum Gasteiger partial charge on any atom is 0.308 e. The first-order valence-electron chi connectivity index (χ1n) is 6.27. The highest BCUT2D eigenvalue weighted by Gasteiger charge is 2.11. The Morgan fingerprint density at radius 1 is 1.33 bits per heavy atom. The van der Waals surface area contributed by atoms with Crippen molar-refractivity contribution in [1.82, 2.24) is 4.98 Å². The lowest BCUT2D eigenvalue weighted by Crippen LogP contribution is -2.07. The number of aryl methyl sites for hydroxylation is 1. The summed E-state index contributed by atoms with van der Waals surface area (Å²) in [4.78, 5) is 27.3. The van der Waals surface area contributed by atoms with Gasteiger partial charge in [0.1, 0.15) is 0 Å². The molecule has 1 aromatic carbocycles. The van der Waals surface area contributed by atoms with Gasteiger partial charge in [-0.25, -0.2) is 4.98 Å². The third-order valence-electron chi connectivity index (χ3n) is 2.66. The Bertz CT molecular complexity index is 677. The minimum atomic E-state index is -0.913. The smallest absolute Gasteiger partial charge is 0.308 e. The quantitative estimate of drug-likeness (QED) is 0.832. The second-order valence-corrected chi connectivity index (χ2v) is 5.42. The zero-order valence-electron chi connectivity index (χ0n) is 11.4. The average Bonchev–Trinajstić information content (AvgIpc) is 2.77. The van der Waals surface area contributed by atoms with E-state index < -0.39 is 5.97 Å². The van der Waals surface area contributed by atoms with Gasteiger partial charge >= 0.3 is 5.97 Å². The summed E-state index contributed by atoms with van der Waals surface area (Å²) < 4.78 is 0. The zero-order chi connectivity index (χ0) is 15.2. The van der Waals surface area contributed by atoms with Gasteiger partial charge in [-0.2, -0.15) is 0 Å². The normalized spacial score (nSPS) is 10.7. The molecule has 0 fully saturated rings. The van der Waals surface area contributed by atoms with E-state index in [9.17, 15) is 9.59 Å². The van der Waals surface area contributed by atoms with Crippen LogP contribution in [0.15, 0.2) is 36.4 Å². The van der Waals surface area contributed by atoms with Gasteiger partial charge in [0.2, 0.25) is 5.91 Å². The number of carboxylic acids is 1. The number of nitrogens with one attached hydrogen (secondary N) is 1. The Morgan fingerprint density at radius 3 is 2.71 bits per heavy atom. The lowest BCUT2D eigenvalue weighted by atomic mass is 10.2. The summed E-state index contributed by atoms with van der Waals surface area (Å²) >= 11 is 1.18. The predicted molar refractivity (Wildman–Crippen MR) is 82.3 cm³/mol. The molecule has 1 amide bonds. The summed E-state index contributed by atoms with van der Waals surface area (Å²) in [5, 5.41) is 11.8. The van der Waals surface area contributed by atoms with Crippen LogP contribution in [0, 0.1) is 6.92 Å². The second kappa shape index (κ2) is 6.81. The fourth-order valence-corrected chi connectivity index (χ4v) is 2.62. The van der Waals surface area contributed by atoms with Crippen molar-refractivity contribution in [3.05, 3.63) is 52.5 Å². The van der Waals surface area contributed by atoms with Crippen LogP contribution in [-0.4, -0.2) is 22.0 Å². The molecule has 2 aromatic rings. The van der Waals surface area contributed by atoms with E-state index in [2.05, 4.69) is 10.3 Å². The molecule has 21 heavy (non-hydrogen) atoms. The Hall–Kier alpha value is -2.47. The topological polar surface area (TPSA) is 79.3 Å². The molecule has 2 N–H and O–H groups in total. The number of anilines is 1. The number of hydrogen-bond donors (Lipinski definition) is 2. The summed E-state index contributed by atoms with van der Waals surface area (Å²) in [6.45, 7) is 1.73. The molecule has 5 nitrogen and oxygen atoms in total. The van der Waals surface area contributed by atoms with Crippen LogP contribution in [0.3, 0.4) is 0 Å². The largest absolute Gasteiger partial charge is 0.481 e. The van der Waals surface area contributed by atoms with E-state index in [0.717, 1.165) is 5.56 Å². The number of aliphatic carboxylic acids is 1. The number of carbonyl (C=O) groups is 2. The number of carboxylic acid groups (broad SMARTS) is 1. The molecule has 0 aliphatic heterocycles. The van der Waals surface area contributed by atoms with Crippen molar-refractivity contribution in [2.24, 2.45) is 0 Å².